The van der Waals surface area contributed by atoms with Crippen molar-refractivity contribution < 1.29 is 23.3 Å². The van der Waals surface area contributed by atoms with Crippen molar-refractivity contribution in [3.05, 3.63) is 53.1 Å². The molecule has 11 nitrogen and oxygen atoms in total. The molecule has 0 amide bonds. The van der Waals surface area contributed by atoms with Gasteiger partial charge in [0.15, 0.2) is 5.65 Å². The lowest BCUT2D eigenvalue weighted by atomic mass is 9.61. The summed E-state index contributed by atoms with van der Waals surface area (Å²) in [6.45, 7) is 3.20. The summed E-state index contributed by atoms with van der Waals surface area (Å²) in [5, 5.41) is 9.61. The third-order valence-electron chi connectivity index (χ3n) is 8.19. The van der Waals surface area contributed by atoms with E-state index in [4.69, 9.17) is 9.31 Å². The van der Waals surface area contributed by atoms with Crippen LogP contribution in [0.25, 0.3) is 5.65 Å². The molecule has 0 bridgehead atoms. The number of fused-ring (bicyclic) bond motifs is 3. The molecule has 0 radical (unpaired) electrons. The van der Waals surface area contributed by atoms with Crippen molar-refractivity contribution >= 4 is 52.4 Å². The highest BCUT2D eigenvalue weighted by Crippen LogP contribution is 2.57. The molecule has 2 aromatic rings. The van der Waals surface area contributed by atoms with Crippen LogP contribution in [0.15, 0.2) is 57.6 Å². The fourth-order valence-electron chi connectivity index (χ4n) is 5.79. The number of carbonyl (C=O) groups excluding carboxylic acids is 2. The first-order valence-corrected chi connectivity index (χ1v) is 13.6. The maximum absolute atomic E-state index is 11.4. The van der Waals surface area contributed by atoms with Crippen LogP contribution >= 0.6 is 15.9 Å². The van der Waals surface area contributed by atoms with Crippen molar-refractivity contribution in [3.63, 3.8) is 0 Å². The Morgan fingerprint density at radius 2 is 1.82 bits per heavy atom. The monoisotopic (exact) mass is 580 g/mol. The summed E-state index contributed by atoms with van der Waals surface area (Å²) in [5.41, 5.74) is 2.32. The number of hydrazone groups is 1. The summed E-state index contributed by atoms with van der Waals surface area (Å²) in [5.74, 6) is 2.69. The van der Waals surface area contributed by atoms with Crippen molar-refractivity contribution in [2.45, 2.75) is 38.4 Å². The quantitative estimate of drug-likeness (QED) is 0.396. The number of aromatic nitrogens is 3. The molecule has 6 aliphatic rings. The predicted molar refractivity (Wildman–Crippen MR) is 144 cm³/mol. The minimum Gasteiger partial charge on any atom is -0.600 e. The maximum Gasteiger partial charge on any atom is 0.587 e. The standard InChI is InChI=1S/C10H11N3.C9H14BNO4.C6H3BrN3/c1-7-4-9(7)8-2-3-10-11-6-12-13(10)5-8;1-6-3-7(6)10-11(2,4-8(12)14-10)5-9(13)15-10;7-5-1-2-6-8-4-9-10(6)3-5/h2-3,5-7,9H,4H2,1H3;6-7H,3-5H2,1-2H3;1-3H/q;;+1/t7-,9-;6-,7-,10?,11?;/m11./s1. The van der Waals surface area contributed by atoms with E-state index in [0.29, 0.717) is 10.3 Å². The SMILES string of the molecule is BrC1=CN2N=[C+]N=C2C=C1.C[C@@H]1C[C@H]1[B-]12OC(=O)C[N+]1(C)CC(=O)O2.C[C@@H]1C[C@H]1c1ccc2ncnn2c1. The number of amidine groups is 1. The van der Waals surface area contributed by atoms with Crippen LogP contribution in [-0.4, -0.2) is 74.9 Å². The number of hydrogen-bond donors (Lipinski definition) is 0. The molecule has 4 atom stereocenters. The van der Waals surface area contributed by atoms with Crippen molar-refractivity contribution in [2.75, 3.05) is 20.1 Å². The highest BCUT2D eigenvalue weighted by molar-refractivity contribution is 9.11. The first kappa shape index (κ1) is 24.9. The minimum atomic E-state index is -1.73. The summed E-state index contributed by atoms with van der Waals surface area (Å²) in [7, 11) is 1.89. The van der Waals surface area contributed by atoms with Gasteiger partial charge in [-0.2, -0.15) is 5.10 Å². The van der Waals surface area contributed by atoms with Crippen LogP contribution in [0.3, 0.4) is 0 Å². The second kappa shape index (κ2) is 9.11. The molecule has 2 aromatic heterocycles. The van der Waals surface area contributed by atoms with Gasteiger partial charge >= 0.3 is 30.8 Å². The van der Waals surface area contributed by atoms with Crippen LogP contribution in [0.2, 0.25) is 5.82 Å². The number of rotatable bonds is 2. The molecule has 0 unspecified atom stereocenters. The van der Waals surface area contributed by atoms with Gasteiger partial charge in [0.25, 0.3) is 0 Å². The molecule has 2 aliphatic carbocycles. The number of pyridine rings is 1. The maximum atomic E-state index is 11.4. The third-order valence-corrected chi connectivity index (χ3v) is 8.66. The second-order valence-electron chi connectivity index (χ2n) is 11.1. The van der Waals surface area contributed by atoms with Gasteiger partial charge in [-0.15, -0.1) is 5.01 Å². The van der Waals surface area contributed by atoms with Gasteiger partial charge in [-0.25, -0.2) is 9.50 Å². The molecule has 8 rings (SSSR count). The van der Waals surface area contributed by atoms with E-state index in [9.17, 15) is 9.59 Å². The molecule has 4 aliphatic heterocycles. The lowest BCUT2D eigenvalue weighted by Gasteiger charge is -2.40. The zero-order valence-corrected chi connectivity index (χ0v) is 23.0. The molecular weight excluding hydrogens is 553 g/mol. The molecule has 0 aromatic carbocycles. The van der Waals surface area contributed by atoms with Crippen molar-refractivity contribution in [1.29, 1.82) is 0 Å². The van der Waals surface area contributed by atoms with E-state index in [-0.39, 0.29) is 30.8 Å². The van der Waals surface area contributed by atoms with Crippen LogP contribution in [-0.2, 0) is 18.9 Å². The van der Waals surface area contributed by atoms with Gasteiger partial charge in [0.1, 0.15) is 19.4 Å². The number of halogens is 1. The van der Waals surface area contributed by atoms with Gasteiger partial charge in [-0.3, -0.25) is 9.59 Å². The van der Waals surface area contributed by atoms with E-state index >= 15 is 0 Å². The lowest BCUT2D eigenvalue weighted by Crippen LogP contribution is -2.60. The average Bonchev–Trinajstić information content (AvgIpc) is 3.52. The molecule has 0 spiro atoms. The van der Waals surface area contributed by atoms with Crippen molar-refractivity contribution in [3.8, 4) is 0 Å². The predicted octanol–water partition coefficient (Wildman–Crippen LogP) is 3.08. The average molecular weight is 581 g/mol. The fraction of sp³-hybridized carbons (Fsp3) is 0.440. The van der Waals surface area contributed by atoms with E-state index in [0.717, 1.165) is 34.2 Å². The number of carbonyl (C=O) groups is 2. The summed E-state index contributed by atoms with van der Waals surface area (Å²) in [4.78, 5) is 30.8. The summed E-state index contributed by atoms with van der Waals surface area (Å²) in [6, 6.07) is 4.20. The summed E-state index contributed by atoms with van der Waals surface area (Å²) < 4.78 is 14.0. The van der Waals surface area contributed by atoms with Gasteiger partial charge in [0, 0.05) is 27.8 Å². The third kappa shape index (κ3) is 4.44. The van der Waals surface area contributed by atoms with Crippen LogP contribution in [0.5, 0.6) is 0 Å². The molecular formula is C25H28BBrN7O4+. The van der Waals surface area contributed by atoms with Crippen LogP contribution < -0.4 is 0 Å². The topological polar surface area (TPSA) is 111 Å². The van der Waals surface area contributed by atoms with Crippen LogP contribution in [0, 0.1) is 11.8 Å². The summed E-state index contributed by atoms with van der Waals surface area (Å²) >= 11 is 3.31. The fourth-order valence-corrected chi connectivity index (χ4v) is 6.12. The number of quaternary nitrogens is 1. The molecule has 196 valence electrons. The minimum absolute atomic E-state index is 0.232. The van der Waals surface area contributed by atoms with E-state index in [1.54, 1.807) is 11.3 Å². The van der Waals surface area contributed by atoms with E-state index < -0.39 is 6.69 Å². The normalized spacial score (nSPS) is 35.0. The van der Waals surface area contributed by atoms with Gasteiger partial charge in [-0.05, 0) is 57.7 Å². The summed E-state index contributed by atoms with van der Waals surface area (Å²) in [6.07, 6.45) is 14.1. The number of aliphatic imine (C=N–C) groups is 1. The van der Waals surface area contributed by atoms with Gasteiger partial charge < -0.3 is 13.7 Å². The molecule has 13 heteroatoms. The Bertz CT molecular complexity index is 1420. The van der Waals surface area contributed by atoms with E-state index in [1.807, 2.05) is 36.0 Å². The Hall–Kier alpha value is -3.41. The van der Waals surface area contributed by atoms with E-state index in [2.05, 4.69) is 68.6 Å². The molecule has 6 heterocycles. The number of allylic oxidation sites excluding steroid dienone is 2. The number of nitrogens with zero attached hydrogens (tertiary/aromatic N) is 7. The Labute approximate surface area is 228 Å². The second-order valence-corrected chi connectivity index (χ2v) is 12.0. The van der Waals surface area contributed by atoms with Crippen LogP contribution in [0.4, 0.5) is 0 Å². The Balaban J connectivity index is 0.000000106. The highest BCUT2D eigenvalue weighted by atomic mass is 79.9. The number of likely N-dealkylation sites (N-methyl/N-ethyl adjacent to an activating group) is 1. The van der Waals surface area contributed by atoms with E-state index in [1.165, 1.54) is 12.0 Å². The molecule has 38 heavy (non-hydrogen) atoms. The van der Waals surface area contributed by atoms with Crippen molar-refractivity contribution in [2.24, 2.45) is 21.9 Å². The molecule has 2 saturated heterocycles. The Morgan fingerprint density at radius 1 is 1.11 bits per heavy atom. The molecule has 4 fully saturated rings. The number of hydrogen-bond acceptors (Lipinski definition) is 9. The van der Waals surface area contributed by atoms with Crippen LogP contribution in [0.1, 0.15) is 38.2 Å². The first-order chi connectivity index (χ1) is 18.2. The van der Waals surface area contributed by atoms with Gasteiger partial charge in [-0.1, -0.05) is 32.3 Å². The first-order valence-electron chi connectivity index (χ1n) is 12.8. The lowest BCUT2D eigenvalue weighted by molar-refractivity contribution is -0.794. The zero-order valence-electron chi connectivity index (χ0n) is 21.4. The highest BCUT2D eigenvalue weighted by Gasteiger charge is 2.73. The molecule has 0 N–H and O–H groups in total. The zero-order chi connectivity index (χ0) is 26.7. The van der Waals surface area contributed by atoms with Gasteiger partial charge in [0.05, 0.1) is 12.3 Å². The molecule has 2 saturated carbocycles. The smallest absolute Gasteiger partial charge is 0.587 e. The largest absolute Gasteiger partial charge is 0.600 e. The Kier molecular flexibility index (Phi) is 5.97. The Morgan fingerprint density at radius 3 is 2.47 bits per heavy atom. The van der Waals surface area contributed by atoms with Gasteiger partial charge in [0.2, 0.25) is 0 Å². The van der Waals surface area contributed by atoms with Crippen molar-refractivity contribution in [1.82, 2.24) is 19.6 Å².